The van der Waals surface area contributed by atoms with Crippen molar-refractivity contribution >= 4 is 17.7 Å². The van der Waals surface area contributed by atoms with E-state index in [1.54, 1.807) is 13.8 Å². The van der Waals surface area contributed by atoms with Gasteiger partial charge in [-0.15, -0.1) is 10.2 Å². The van der Waals surface area contributed by atoms with Gasteiger partial charge in [0.15, 0.2) is 11.6 Å². The van der Waals surface area contributed by atoms with Crippen LogP contribution in [0.3, 0.4) is 0 Å². The SMILES string of the molecule is CC(C)C1=C2[C@H]3CC[C@@H]4[C@@]5(C)CC[C@H](OC(=O)CC(C)(C)C(=O)O)C(C)(C)[C@@H]5CC[C@@]4(C)[C@]3(C)CC[C@@]2(c2nnc(-c3ncc(C#N)cn3)n2CCN(C)C)CC1=O. The van der Waals surface area contributed by atoms with Gasteiger partial charge in [0, 0.05) is 37.3 Å². The number of aliphatic carboxylic acids is 1. The van der Waals surface area contributed by atoms with Crippen molar-refractivity contribution < 1.29 is 24.2 Å². The number of ketones is 1. The molecule has 58 heavy (non-hydrogen) atoms. The Morgan fingerprint density at radius 2 is 1.67 bits per heavy atom. The van der Waals surface area contributed by atoms with E-state index in [4.69, 9.17) is 14.9 Å². The first-order valence-corrected chi connectivity index (χ1v) is 21.6. The van der Waals surface area contributed by atoms with Crippen LogP contribution >= 0.6 is 0 Å². The van der Waals surface area contributed by atoms with Crippen LogP contribution in [0, 0.1) is 62.1 Å². The number of hydrogen-bond donors (Lipinski definition) is 1. The monoisotopic (exact) mass is 796 g/mol. The maximum atomic E-state index is 14.5. The highest BCUT2D eigenvalue weighted by atomic mass is 16.5. The van der Waals surface area contributed by atoms with Crippen molar-refractivity contribution in [1.82, 2.24) is 29.6 Å². The van der Waals surface area contributed by atoms with Crippen LogP contribution in [0.1, 0.15) is 138 Å². The summed E-state index contributed by atoms with van der Waals surface area (Å²) in [6.45, 7) is 21.0. The Kier molecular flexibility index (Phi) is 10.4. The molecule has 1 N–H and O–H groups in total. The number of esters is 1. The molecule has 0 bridgehead atoms. The van der Waals surface area contributed by atoms with Crippen LogP contribution in [-0.4, -0.2) is 79.2 Å². The molecular formula is C46H65N7O5. The summed E-state index contributed by atoms with van der Waals surface area (Å²) >= 11 is 0. The summed E-state index contributed by atoms with van der Waals surface area (Å²) in [4.78, 5) is 50.7. The lowest BCUT2D eigenvalue weighted by Crippen LogP contribution is -2.66. The first-order chi connectivity index (χ1) is 27.1. The number of likely N-dealkylation sites (N-methyl/N-ethyl adjacent to an activating group) is 1. The molecule has 0 amide bonds. The first kappa shape index (κ1) is 42.2. The molecule has 4 saturated carbocycles. The van der Waals surface area contributed by atoms with E-state index in [1.165, 1.54) is 18.0 Å². The van der Waals surface area contributed by atoms with Crippen LogP contribution in [0.5, 0.6) is 0 Å². The summed E-state index contributed by atoms with van der Waals surface area (Å²) in [5, 5.41) is 28.8. The Bertz CT molecular complexity index is 2060. The predicted octanol–water partition coefficient (Wildman–Crippen LogP) is 7.81. The van der Waals surface area contributed by atoms with Crippen molar-refractivity contribution in [2.75, 3.05) is 20.6 Å². The second-order valence-electron chi connectivity index (χ2n) is 21.2. The molecule has 4 fully saturated rings. The third-order valence-corrected chi connectivity index (χ3v) is 16.7. The van der Waals surface area contributed by atoms with E-state index in [2.05, 4.69) is 74.0 Å². The lowest BCUT2D eigenvalue weighted by molar-refractivity contribution is -0.232. The van der Waals surface area contributed by atoms with Crippen LogP contribution < -0.4 is 0 Å². The molecule has 0 aromatic carbocycles. The number of carboxylic acid groups (broad SMARTS) is 1. The molecule has 7 rings (SSSR count). The minimum Gasteiger partial charge on any atom is -0.481 e. The van der Waals surface area contributed by atoms with Gasteiger partial charge in [0.05, 0.1) is 22.8 Å². The third kappa shape index (κ3) is 6.26. The number of nitriles is 1. The van der Waals surface area contributed by atoms with Crippen LogP contribution in [0.15, 0.2) is 23.5 Å². The molecule has 0 saturated heterocycles. The molecule has 0 spiro atoms. The molecule has 314 valence electrons. The van der Waals surface area contributed by atoms with Gasteiger partial charge in [-0.1, -0.05) is 48.5 Å². The number of carbonyl (C=O) groups excluding carboxylic acids is 2. The minimum atomic E-state index is -1.18. The second-order valence-corrected chi connectivity index (χ2v) is 21.2. The normalized spacial score (nSPS) is 34.2. The van der Waals surface area contributed by atoms with Crippen LogP contribution in [0.2, 0.25) is 0 Å². The van der Waals surface area contributed by atoms with E-state index < -0.39 is 22.8 Å². The number of nitrogens with zero attached hydrogens (tertiary/aromatic N) is 7. The minimum absolute atomic E-state index is 0.0131. The summed E-state index contributed by atoms with van der Waals surface area (Å²) < 4.78 is 8.36. The third-order valence-electron chi connectivity index (χ3n) is 16.7. The zero-order valence-electron chi connectivity index (χ0n) is 36.7. The molecule has 2 aromatic rings. The van der Waals surface area contributed by atoms with Gasteiger partial charge in [0.2, 0.25) is 5.82 Å². The Labute approximate surface area is 344 Å². The zero-order valence-corrected chi connectivity index (χ0v) is 36.7. The van der Waals surface area contributed by atoms with Crippen molar-refractivity contribution in [3.05, 3.63) is 34.9 Å². The fourth-order valence-electron chi connectivity index (χ4n) is 13.5. The molecule has 2 heterocycles. The Morgan fingerprint density at radius 3 is 2.29 bits per heavy atom. The fraction of sp³-hybridized carbons (Fsp3) is 0.739. The van der Waals surface area contributed by atoms with Crippen molar-refractivity contribution in [1.29, 1.82) is 5.26 Å². The molecule has 8 atom stereocenters. The van der Waals surface area contributed by atoms with Crippen LogP contribution in [0.25, 0.3) is 11.6 Å². The maximum absolute atomic E-state index is 14.5. The van der Waals surface area contributed by atoms with Gasteiger partial charge in [-0.3, -0.25) is 14.4 Å². The Hall–Kier alpha value is -3.98. The molecule has 0 radical (unpaired) electrons. The molecule has 0 unspecified atom stereocenters. The molecule has 2 aromatic heterocycles. The average Bonchev–Trinajstić information content (AvgIpc) is 3.71. The van der Waals surface area contributed by atoms with E-state index in [0.29, 0.717) is 42.0 Å². The van der Waals surface area contributed by atoms with E-state index in [-0.39, 0.29) is 51.8 Å². The van der Waals surface area contributed by atoms with Gasteiger partial charge in [-0.2, -0.15) is 5.26 Å². The standard InChI is InChI=1S/C46H65N7O5/c1-27(2)35-30(54)22-46(39-51-50-38(53(39)21-20-52(10)11)37-48-25-28(24-47)26-49-37)19-18-44(8)29(36(35)46)12-13-32-43(7)16-15-33(58-34(55)23-41(3,4)40(56)57)42(5,6)31(43)14-17-45(32,44)9/h25-27,29,31-33H,12-23H2,1-11H3,(H,56,57)/t29-,31+,32-,33+,43+,44-,45-,46-/m1/s1. The molecule has 5 aliphatic carbocycles. The number of hydrogen-bond acceptors (Lipinski definition) is 10. The largest absolute Gasteiger partial charge is 0.481 e. The number of ether oxygens (including phenoxy) is 1. The maximum Gasteiger partial charge on any atom is 0.309 e. The van der Waals surface area contributed by atoms with Crippen molar-refractivity contribution in [2.24, 2.45) is 50.7 Å². The molecule has 12 nitrogen and oxygen atoms in total. The Morgan fingerprint density at radius 1 is 0.983 bits per heavy atom. The summed E-state index contributed by atoms with van der Waals surface area (Å²) in [6, 6.07) is 2.11. The van der Waals surface area contributed by atoms with Gasteiger partial charge in [-0.05, 0) is 130 Å². The molecular weight excluding hydrogens is 731 g/mol. The molecule has 12 heteroatoms. The van der Waals surface area contributed by atoms with E-state index in [9.17, 15) is 24.8 Å². The van der Waals surface area contributed by atoms with E-state index in [0.717, 1.165) is 69.3 Å². The van der Waals surface area contributed by atoms with Gasteiger partial charge in [0.1, 0.15) is 18.0 Å². The van der Waals surface area contributed by atoms with E-state index >= 15 is 0 Å². The predicted molar refractivity (Wildman–Crippen MR) is 219 cm³/mol. The highest BCUT2D eigenvalue weighted by molar-refractivity contribution is 6.01. The number of allylic oxidation sites excluding steroid dienone is 2. The number of rotatable bonds is 10. The van der Waals surface area contributed by atoms with Gasteiger partial charge in [-0.25, -0.2) is 9.97 Å². The summed E-state index contributed by atoms with van der Waals surface area (Å²) in [6.07, 6.45) is 10.7. The van der Waals surface area contributed by atoms with Crippen molar-refractivity contribution in [3.8, 4) is 17.7 Å². The van der Waals surface area contributed by atoms with Crippen LogP contribution in [0.4, 0.5) is 0 Å². The summed E-state index contributed by atoms with van der Waals surface area (Å²) in [7, 11) is 4.09. The van der Waals surface area contributed by atoms with Crippen LogP contribution in [-0.2, 0) is 31.1 Å². The highest BCUT2D eigenvalue weighted by Gasteiger charge is 2.71. The Balaban J connectivity index is 1.25. The lowest BCUT2D eigenvalue weighted by atomic mass is 9.33. The molecule has 5 aliphatic rings. The number of aromatic nitrogens is 5. The van der Waals surface area contributed by atoms with Gasteiger partial charge in [0.25, 0.3) is 0 Å². The highest BCUT2D eigenvalue weighted by Crippen LogP contribution is 2.76. The first-order valence-electron chi connectivity index (χ1n) is 21.6. The average molecular weight is 796 g/mol. The van der Waals surface area contributed by atoms with Gasteiger partial charge < -0.3 is 19.3 Å². The van der Waals surface area contributed by atoms with E-state index in [1.807, 2.05) is 14.1 Å². The molecule has 0 aliphatic heterocycles. The lowest BCUT2D eigenvalue weighted by Gasteiger charge is -2.72. The second kappa shape index (κ2) is 14.3. The number of fused-ring (bicyclic) bond motifs is 7. The number of carbonyl (C=O) groups is 3. The number of Topliss-reactive ketones (excluding diaryl/α,β-unsaturated/α-hetero) is 1. The van der Waals surface area contributed by atoms with Gasteiger partial charge >= 0.3 is 11.9 Å². The van der Waals surface area contributed by atoms with Crippen molar-refractivity contribution in [3.63, 3.8) is 0 Å². The van der Waals surface area contributed by atoms with Crippen molar-refractivity contribution in [2.45, 2.75) is 145 Å². The smallest absolute Gasteiger partial charge is 0.309 e. The topological polar surface area (TPSA) is 164 Å². The number of carboxylic acids is 1. The summed E-state index contributed by atoms with van der Waals surface area (Å²) in [5.41, 5.74) is 0.641. The fourth-order valence-corrected chi connectivity index (χ4v) is 13.5. The zero-order chi connectivity index (χ0) is 42.4. The quantitative estimate of drug-likeness (QED) is 0.233. The summed E-state index contributed by atoms with van der Waals surface area (Å²) in [5.74, 6) is 1.71.